The third kappa shape index (κ3) is 3.86. The van der Waals surface area contributed by atoms with Gasteiger partial charge in [0, 0.05) is 17.8 Å². The van der Waals surface area contributed by atoms with Crippen LogP contribution >= 0.6 is 0 Å². The molecule has 2 rings (SSSR count). The molecular formula is C18H27N. The summed E-state index contributed by atoms with van der Waals surface area (Å²) in [5.41, 5.74) is 2.79. The van der Waals surface area contributed by atoms with E-state index in [9.17, 15) is 0 Å². The predicted molar refractivity (Wildman–Crippen MR) is 84.7 cm³/mol. The van der Waals surface area contributed by atoms with E-state index in [0.717, 1.165) is 0 Å². The molecule has 2 aromatic rings. The van der Waals surface area contributed by atoms with Gasteiger partial charge in [-0.3, -0.25) is 0 Å². The summed E-state index contributed by atoms with van der Waals surface area (Å²) in [5, 5.41) is 1.38. The van der Waals surface area contributed by atoms with Crippen LogP contribution in [0.15, 0.2) is 30.3 Å². The lowest BCUT2D eigenvalue weighted by atomic mass is 10.1. The first-order chi connectivity index (χ1) is 9.33. The van der Waals surface area contributed by atoms with Crippen molar-refractivity contribution in [3.8, 4) is 0 Å². The number of aryl methyl sites for hydroxylation is 2. The molecule has 0 aliphatic heterocycles. The van der Waals surface area contributed by atoms with E-state index in [0.29, 0.717) is 0 Å². The molecule has 1 aromatic heterocycles. The van der Waals surface area contributed by atoms with Crippen molar-refractivity contribution in [2.24, 2.45) is 0 Å². The minimum Gasteiger partial charge on any atom is -0.345 e. The van der Waals surface area contributed by atoms with E-state index in [1.807, 2.05) is 0 Å². The van der Waals surface area contributed by atoms with Crippen LogP contribution in [-0.2, 0) is 6.54 Å². The van der Waals surface area contributed by atoms with E-state index in [1.54, 1.807) is 0 Å². The number of benzene rings is 1. The Balaban J connectivity index is 1.80. The van der Waals surface area contributed by atoms with E-state index in [1.165, 1.54) is 68.1 Å². The minimum atomic E-state index is 1.17. The zero-order chi connectivity index (χ0) is 13.5. The van der Waals surface area contributed by atoms with Gasteiger partial charge >= 0.3 is 0 Å². The number of fused-ring (bicyclic) bond motifs is 1. The van der Waals surface area contributed by atoms with Crippen LogP contribution in [0.1, 0.15) is 57.6 Å². The highest BCUT2D eigenvalue weighted by Crippen LogP contribution is 2.20. The Morgan fingerprint density at radius 3 is 2.37 bits per heavy atom. The maximum absolute atomic E-state index is 2.47. The lowest BCUT2D eigenvalue weighted by Crippen LogP contribution is -1.99. The highest BCUT2D eigenvalue weighted by molar-refractivity contribution is 5.81. The van der Waals surface area contributed by atoms with Crippen LogP contribution in [0.5, 0.6) is 0 Å². The van der Waals surface area contributed by atoms with Crippen LogP contribution in [0.2, 0.25) is 0 Å². The Morgan fingerprint density at radius 1 is 0.895 bits per heavy atom. The molecule has 0 saturated heterocycles. The molecule has 0 amide bonds. The Kier molecular flexibility index (Phi) is 5.50. The van der Waals surface area contributed by atoms with Gasteiger partial charge in [-0.05, 0) is 30.9 Å². The van der Waals surface area contributed by atoms with Crippen LogP contribution in [0.3, 0.4) is 0 Å². The number of rotatable bonds is 8. The number of aromatic nitrogens is 1. The van der Waals surface area contributed by atoms with Crippen LogP contribution in [0, 0.1) is 6.92 Å². The summed E-state index contributed by atoms with van der Waals surface area (Å²) in [4.78, 5) is 0. The van der Waals surface area contributed by atoms with Crippen LogP contribution in [0.25, 0.3) is 10.9 Å². The number of hydrogen-bond acceptors (Lipinski definition) is 0. The maximum Gasteiger partial charge on any atom is 0.0482 e. The highest BCUT2D eigenvalue weighted by atomic mass is 15.0. The molecule has 0 fully saturated rings. The molecule has 0 unspecified atom stereocenters. The maximum atomic E-state index is 2.47. The first-order valence-electron chi connectivity index (χ1n) is 7.88. The van der Waals surface area contributed by atoms with E-state index in [4.69, 9.17) is 0 Å². The Labute approximate surface area is 117 Å². The zero-order valence-corrected chi connectivity index (χ0v) is 12.5. The largest absolute Gasteiger partial charge is 0.345 e. The van der Waals surface area contributed by atoms with E-state index in [-0.39, 0.29) is 0 Å². The molecule has 0 bridgehead atoms. The van der Waals surface area contributed by atoms with Gasteiger partial charge < -0.3 is 4.57 Å². The smallest absolute Gasteiger partial charge is 0.0482 e. The quantitative estimate of drug-likeness (QED) is 0.534. The molecule has 1 nitrogen and oxygen atoms in total. The Hall–Kier alpha value is -1.24. The van der Waals surface area contributed by atoms with Crippen molar-refractivity contribution < 1.29 is 0 Å². The molecule has 1 heteroatoms. The van der Waals surface area contributed by atoms with Gasteiger partial charge in [0.25, 0.3) is 0 Å². The summed E-state index contributed by atoms with van der Waals surface area (Å²) < 4.78 is 2.47. The fraction of sp³-hybridized carbons (Fsp3) is 0.556. The summed E-state index contributed by atoms with van der Waals surface area (Å²) in [6, 6.07) is 11.0. The molecular weight excluding hydrogens is 230 g/mol. The number of nitrogens with zero attached hydrogens (tertiary/aromatic N) is 1. The van der Waals surface area contributed by atoms with Gasteiger partial charge in [0.1, 0.15) is 0 Å². The lowest BCUT2D eigenvalue weighted by Gasteiger charge is -2.08. The molecule has 0 aliphatic rings. The van der Waals surface area contributed by atoms with Crippen molar-refractivity contribution in [3.63, 3.8) is 0 Å². The normalized spacial score (nSPS) is 11.3. The predicted octanol–water partition coefficient (Wildman–Crippen LogP) is 5.70. The fourth-order valence-electron chi connectivity index (χ4n) is 2.87. The second-order valence-electron chi connectivity index (χ2n) is 5.62. The number of para-hydroxylation sites is 1. The van der Waals surface area contributed by atoms with Crippen LogP contribution in [-0.4, -0.2) is 4.57 Å². The van der Waals surface area contributed by atoms with Crippen LogP contribution < -0.4 is 0 Å². The molecule has 1 heterocycles. The summed E-state index contributed by atoms with van der Waals surface area (Å²) in [5.74, 6) is 0. The average molecular weight is 257 g/mol. The number of unbranched alkanes of at least 4 members (excludes halogenated alkanes) is 6. The first-order valence-corrected chi connectivity index (χ1v) is 7.88. The Morgan fingerprint density at radius 2 is 1.58 bits per heavy atom. The van der Waals surface area contributed by atoms with E-state index >= 15 is 0 Å². The third-order valence-electron chi connectivity index (χ3n) is 4.00. The first kappa shape index (κ1) is 14.2. The molecule has 0 spiro atoms. The second-order valence-corrected chi connectivity index (χ2v) is 5.62. The van der Waals surface area contributed by atoms with Gasteiger partial charge in [0.2, 0.25) is 0 Å². The summed E-state index contributed by atoms with van der Waals surface area (Å²) >= 11 is 0. The molecule has 19 heavy (non-hydrogen) atoms. The van der Waals surface area contributed by atoms with E-state index in [2.05, 4.69) is 48.7 Å². The van der Waals surface area contributed by atoms with Gasteiger partial charge in [-0.15, -0.1) is 0 Å². The lowest BCUT2D eigenvalue weighted by molar-refractivity contribution is 0.552. The minimum absolute atomic E-state index is 1.17. The highest BCUT2D eigenvalue weighted by Gasteiger charge is 2.03. The van der Waals surface area contributed by atoms with Gasteiger partial charge in [-0.25, -0.2) is 0 Å². The summed E-state index contributed by atoms with van der Waals surface area (Å²) in [6.45, 7) is 5.67. The fourth-order valence-corrected chi connectivity index (χ4v) is 2.87. The molecule has 0 aliphatic carbocycles. The van der Waals surface area contributed by atoms with Crippen molar-refractivity contribution in [2.75, 3.05) is 0 Å². The van der Waals surface area contributed by atoms with E-state index < -0.39 is 0 Å². The Bertz CT molecular complexity index is 495. The third-order valence-corrected chi connectivity index (χ3v) is 4.00. The number of hydrogen-bond donors (Lipinski definition) is 0. The average Bonchev–Trinajstić information content (AvgIpc) is 2.74. The molecule has 0 radical (unpaired) electrons. The molecule has 1 aromatic carbocycles. The molecule has 0 atom stereocenters. The standard InChI is InChI=1S/C18H27N/c1-3-4-5-6-7-8-11-14-19-16(2)15-17-12-9-10-13-18(17)19/h9-10,12-13,15H,3-8,11,14H2,1-2H3. The van der Waals surface area contributed by atoms with Crippen molar-refractivity contribution in [3.05, 3.63) is 36.0 Å². The van der Waals surface area contributed by atoms with Gasteiger partial charge in [-0.1, -0.05) is 63.6 Å². The second kappa shape index (κ2) is 7.37. The van der Waals surface area contributed by atoms with Crippen molar-refractivity contribution in [1.29, 1.82) is 0 Å². The van der Waals surface area contributed by atoms with Gasteiger partial charge in [-0.2, -0.15) is 0 Å². The monoisotopic (exact) mass is 257 g/mol. The van der Waals surface area contributed by atoms with Crippen molar-refractivity contribution >= 4 is 10.9 Å². The van der Waals surface area contributed by atoms with Crippen molar-refractivity contribution in [1.82, 2.24) is 4.57 Å². The van der Waals surface area contributed by atoms with Gasteiger partial charge in [0.05, 0.1) is 0 Å². The van der Waals surface area contributed by atoms with Gasteiger partial charge in [0.15, 0.2) is 0 Å². The summed E-state index contributed by atoms with van der Waals surface area (Å²) in [7, 11) is 0. The zero-order valence-electron chi connectivity index (χ0n) is 12.5. The van der Waals surface area contributed by atoms with Crippen molar-refractivity contribution in [2.45, 2.75) is 65.3 Å². The van der Waals surface area contributed by atoms with Crippen LogP contribution in [0.4, 0.5) is 0 Å². The molecule has 0 N–H and O–H groups in total. The topological polar surface area (TPSA) is 4.93 Å². The SMILES string of the molecule is CCCCCCCCCn1c(C)cc2ccccc21. The molecule has 104 valence electrons. The molecule has 0 saturated carbocycles. The summed E-state index contributed by atoms with van der Waals surface area (Å²) in [6.07, 6.45) is 9.66.